The number of fused-ring (bicyclic) bond motifs is 1. The number of para-hydroxylation sites is 1. The second-order valence-electron chi connectivity index (χ2n) is 3.80. The van der Waals surface area contributed by atoms with Crippen LogP contribution in [0.4, 0.5) is 0 Å². The van der Waals surface area contributed by atoms with Crippen molar-refractivity contribution in [2.45, 2.75) is 30.8 Å². The van der Waals surface area contributed by atoms with Crippen molar-refractivity contribution in [2.24, 2.45) is 0 Å². The predicted octanol–water partition coefficient (Wildman–Crippen LogP) is 2.69. The highest BCUT2D eigenvalue weighted by Crippen LogP contribution is 2.38. The van der Waals surface area contributed by atoms with Gasteiger partial charge >= 0.3 is 0 Å². The van der Waals surface area contributed by atoms with Crippen LogP contribution in [0, 0.1) is 0 Å². The summed E-state index contributed by atoms with van der Waals surface area (Å²) in [6.07, 6.45) is 0.983. The molecule has 12 heavy (non-hydrogen) atoms. The summed E-state index contributed by atoms with van der Waals surface area (Å²) in [6, 6.07) is 6.08. The SMILES string of the molecule is CC1(C)Cc2cccc(S)c2O1. The van der Waals surface area contributed by atoms with Gasteiger partial charge in [-0.05, 0) is 25.5 Å². The number of rotatable bonds is 0. The molecule has 1 aromatic rings. The van der Waals surface area contributed by atoms with Gasteiger partial charge in [0.1, 0.15) is 11.4 Å². The molecule has 2 rings (SSSR count). The molecule has 1 heterocycles. The van der Waals surface area contributed by atoms with Crippen LogP contribution >= 0.6 is 12.6 Å². The van der Waals surface area contributed by atoms with Crippen LogP contribution in [0.2, 0.25) is 0 Å². The molecular weight excluding hydrogens is 168 g/mol. The van der Waals surface area contributed by atoms with Crippen LogP contribution in [0.5, 0.6) is 5.75 Å². The summed E-state index contributed by atoms with van der Waals surface area (Å²) in [5.41, 5.74) is 1.22. The Kier molecular flexibility index (Phi) is 1.62. The number of hydrogen-bond acceptors (Lipinski definition) is 2. The number of thiol groups is 1. The Morgan fingerprint density at radius 3 is 2.83 bits per heavy atom. The van der Waals surface area contributed by atoms with Gasteiger partial charge in [-0.3, -0.25) is 0 Å². The molecule has 1 nitrogen and oxygen atoms in total. The summed E-state index contributed by atoms with van der Waals surface area (Å²) in [6.45, 7) is 4.19. The van der Waals surface area contributed by atoms with Gasteiger partial charge in [-0.25, -0.2) is 0 Å². The Balaban J connectivity index is 2.48. The summed E-state index contributed by atoms with van der Waals surface area (Å²) in [5, 5.41) is 0. The second-order valence-corrected chi connectivity index (χ2v) is 4.29. The molecule has 0 aromatic heterocycles. The quantitative estimate of drug-likeness (QED) is 0.604. The van der Waals surface area contributed by atoms with Gasteiger partial charge in [0.2, 0.25) is 0 Å². The first kappa shape index (κ1) is 7.99. The van der Waals surface area contributed by atoms with Crippen LogP contribution in [0.15, 0.2) is 23.1 Å². The zero-order valence-electron chi connectivity index (χ0n) is 7.29. The lowest BCUT2D eigenvalue weighted by molar-refractivity contribution is 0.135. The molecule has 0 aliphatic carbocycles. The molecular formula is C10H12OS. The first-order valence-electron chi connectivity index (χ1n) is 4.08. The Hall–Kier alpha value is -0.630. The number of benzene rings is 1. The van der Waals surface area contributed by atoms with Gasteiger partial charge in [0.05, 0.1) is 0 Å². The molecule has 0 saturated carbocycles. The van der Waals surface area contributed by atoms with Crippen LogP contribution in [0.25, 0.3) is 0 Å². The minimum Gasteiger partial charge on any atom is -0.486 e. The van der Waals surface area contributed by atoms with E-state index in [9.17, 15) is 0 Å². The van der Waals surface area contributed by atoms with Crippen molar-refractivity contribution >= 4 is 12.6 Å². The first-order valence-corrected chi connectivity index (χ1v) is 4.53. The molecule has 0 radical (unpaired) electrons. The molecule has 1 aromatic carbocycles. The van der Waals surface area contributed by atoms with E-state index >= 15 is 0 Å². The Morgan fingerprint density at radius 1 is 1.42 bits per heavy atom. The van der Waals surface area contributed by atoms with Crippen LogP contribution in [-0.2, 0) is 6.42 Å². The maximum Gasteiger partial charge on any atom is 0.136 e. The Morgan fingerprint density at radius 2 is 2.17 bits per heavy atom. The van der Waals surface area contributed by atoms with Gasteiger partial charge in [0, 0.05) is 11.3 Å². The molecule has 0 atom stereocenters. The van der Waals surface area contributed by atoms with E-state index in [1.807, 2.05) is 12.1 Å². The normalized spacial score (nSPS) is 18.6. The van der Waals surface area contributed by atoms with Crippen molar-refractivity contribution in [3.05, 3.63) is 23.8 Å². The van der Waals surface area contributed by atoms with E-state index in [2.05, 4.69) is 32.5 Å². The fraction of sp³-hybridized carbons (Fsp3) is 0.400. The summed E-state index contributed by atoms with van der Waals surface area (Å²) < 4.78 is 5.75. The molecule has 0 saturated heterocycles. The molecule has 1 aliphatic rings. The van der Waals surface area contributed by atoms with E-state index < -0.39 is 0 Å². The molecule has 0 amide bonds. The van der Waals surface area contributed by atoms with Crippen LogP contribution in [-0.4, -0.2) is 5.60 Å². The largest absolute Gasteiger partial charge is 0.486 e. The molecule has 0 unspecified atom stereocenters. The van der Waals surface area contributed by atoms with E-state index in [1.165, 1.54) is 5.56 Å². The van der Waals surface area contributed by atoms with E-state index in [4.69, 9.17) is 4.74 Å². The standard InChI is InChI=1S/C10H12OS/c1-10(2)6-7-4-3-5-8(12)9(7)11-10/h3-5,12H,6H2,1-2H3. The lowest BCUT2D eigenvalue weighted by Crippen LogP contribution is -2.24. The lowest BCUT2D eigenvalue weighted by Gasteiger charge is -2.17. The van der Waals surface area contributed by atoms with Gasteiger partial charge in [-0.2, -0.15) is 0 Å². The van der Waals surface area contributed by atoms with Gasteiger partial charge < -0.3 is 4.74 Å². The van der Waals surface area contributed by atoms with Crippen molar-refractivity contribution < 1.29 is 4.74 Å². The van der Waals surface area contributed by atoms with Crippen molar-refractivity contribution in [1.29, 1.82) is 0 Å². The number of ether oxygens (including phenoxy) is 1. The minimum atomic E-state index is -0.0544. The summed E-state index contributed by atoms with van der Waals surface area (Å²) in [5.74, 6) is 0.964. The van der Waals surface area contributed by atoms with Gasteiger partial charge in [0.25, 0.3) is 0 Å². The number of hydrogen-bond donors (Lipinski definition) is 1. The zero-order chi connectivity index (χ0) is 8.77. The maximum absolute atomic E-state index is 5.75. The van der Waals surface area contributed by atoms with Crippen molar-refractivity contribution in [3.63, 3.8) is 0 Å². The lowest BCUT2D eigenvalue weighted by atomic mass is 10.0. The molecule has 0 spiro atoms. The van der Waals surface area contributed by atoms with Crippen molar-refractivity contribution in [1.82, 2.24) is 0 Å². The van der Waals surface area contributed by atoms with E-state index in [0.29, 0.717) is 0 Å². The smallest absolute Gasteiger partial charge is 0.136 e. The summed E-state index contributed by atoms with van der Waals surface area (Å²) in [7, 11) is 0. The maximum atomic E-state index is 5.75. The van der Waals surface area contributed by atoms with Gasteiger partial charge in [-0.1, -0.05) is 12.1 Å². The second kappa shape index (κ2) is 2.43. The van der Waals surface area contributed by atoms with Crippen molar-refractivity contribution in [2.75, 3.05) is 0 Å². The molecule has 0 fully saturated rings. The molecule has 64 valence electrons. The summed E-state index contributed by atoms with van der Waals surface area (Å²) in [4.78, 5) is 0.943. The average Bonchev–Trinajstić information content (AvgIpc) is 2.25. The molecule has 0 bridgehead atoms. The van der Waals surface area contributed by atoms with Crippen LogP contribution in [0.3, 0.4) is 0 Å². The topological polar surface area (TPSA) is 9.23 Å². The minimum absolute atomic E-state index is 0.0544. The highest BCUT2D eigenvalue weighted by Gasteiger charge is 2.30. The monoisotopic (exact) mass is 180 g/mol. The fourth-order valence-electron chi connectivity index (χ4n) is 1.60. The molecule has 0 N–H and O–H groups in total. The molecule has 2 heteroatoms. The first-order chi connectivity index (χ1) is 5.58. The van der Waals surface area contributed by atoms with Crippen LogP contribution < -0.4 is 4.74 Å². The Bertz CT molecular complexity index is 318. The van der Waals surface area contributed by atoms with E-state index in [1.54, 1.807) is 0 Å². The average molecular weight is 180 g/mol. The zero-order valence-corrected chi connectivity index (χ0v) is 8.19. The fourth-order valence-corrected chi connectivity index (χ4v) is 1.87. The van der Waals surface area contributed by atoms with Gasteiger partial charge in [-0.15, -0.1) is 12.6 Å². The third kappa shape index (κ3) is 1.20. The molecule has 1 aliphatic heterocycles. The Labute approximate surface area is 78.2 Å². The van der Waals surface area contributed by atoms with Crippen molar-refractivity contribution in [3.8, 4) is 5.75 Å². The van der Waals surface area contributed by atoms with Gasteiger partial charge in [0.15, 0.2) is 0 Å². The van der Waals surface area contributed by atoms with E-state index in [-0.39, 0.29) is 5.60 Å². The predicted molar refractivity (Wildman–Crippen MR) is 52.1 cm³/mol. The van der Waals surface area contributed by atoms with E-state index in [0.717, 1.165) is 17.1 Å². The highest BCUT2D eigenvalue weighted by atomic mass is 32.1. The highest BCUT2D eigenvalue weighted by molar-refractivity contribution is 7.80. The third-order valence-corrected chi connectivity index (χ3v) is 2.42. The third-order valence-electron chi connectivity index (χ3n) is 2.07. The van der Waals surface area contributed by atoms with Crippen LogP contribution in [0.1, 0.15) is 19.4 Å². The summed E-state index contributed by atoms with van der Waals surface area (Å²) >= 11 is 4.34.